The van der Waals surface area contributed by atoms with Crippen molar-refractivity contribution < 1.29 is 14.3 Å². The lowest BCUT2D eigenvalue weighted by Gasteiger charge is -2.26. The molecule has 162 valence electrons. The Morgan fingerprint density at radius 3 is 2.65 bits per heavy atom. The van der Waals surface area contributed by atoms with Crippen LogP contribution in [0.4, 0.5) is 5.69 Å². The fourth-order valence-electron chi connectivity index (χ4n) is 3.67. The van der Waals surface area contributed by atoms with E-state index < -0.39 is 0 Å². The van der Waals surface area contributed by atoms with Gasteiger partial charge in [-0.2, -0.15) is 5.10 Å². The van der Waals surface area contributed by atoms with Crippen molar-refractivity contribution in [3.05, 3.63) is 77.1 Å². The second-order valence-electron chi connectivity index (χ2n) is 7.88. The van der Waals surface area contributed by atoms with Gasteiger partial charge < -0.3 is 14.8 Å². The van der Waals surface area contributed by atoms with E-state index >= 15 is 0 Å². The first-order valence-corrected chi connectivity index (χ1v) is 10.5. The number of nitrogens with one attached hydrogen (secondary N) is 1. The first-order chi connectivity index (χ1) is 15.0. The first-order valence-electron chi connectivity index (χ1n) is 10.5. The van der Waals surface area contributed by atoms with Gasteiger partial charge >= 0.3 is 0 Å². The maximum atomic E-state index is 12.6. The van der Waals surface area contributed by atoms with Gasteiger partial charge in [-0.1, -0.05) is 18.2 Å². The van der Waals surface area contributed by atoms with Crippen LogP contribution in [0.15, 0.2) is 54.7 Å². The lowest BCUT2D eigenvalue weighted by Crippen LogP contribution is -2.35. The molecule has 2 aromatic carbocycles. The Morgan fingerprint density at radius 1 is 1.10 bits per heavy atom. The number of aryl methyl sites for hydroxylation is 2. The van der Waals surface area contributed by atoms with E-state index in [2.05, 4.69) is 27.4 Å². The van der Waals surface area contributed by atoms with Gasteiger partial charge in [-0.25, -0.2) is 4.68 Å². The van der Waals surface area contributed by atoms with Crippen molar-refractivity contribution >= 4 is 11.6 Å². The van der Waals surface area contributed by atoms with E-state index in [0.29, 0.717) is 5.69 Å². The third kappa shape index (κ3) is 5.93. The molecular formula is C24H28N4O3. The number of nitrogens with zero attached hydrogens (tertiary/aromatic N) is 3. The summed E-state index contributed by atoms with van der Waals surface area (Å²) in [6, 6.07) is 15.7. The lowest BCUT2D eigenvalue weighted by atomic mass is 10.1. The van der Waals surface area contributed by atoms with Crippen LogP contribution in [-0.2, 0) is 18.0 Å². The number of hydrogen-bond donors (Lipinski definition) is 1. The summed E-state index contributed by atoms with van der Waals surface area (Å²) < 4.78 is 12.8. The minimum Gasteiger partial charge on any atom is -0.471 e. The number of amides is 1. The van der Waals surface area contributed by atoms with Crippen LogP contribution in [-0.4, -0.2) is 46.9 Å². The van der Waals surface area contributed by atoms with Crippen LogP contribution in [0.1, 0.15) is 27.2 Å². The van der Waals surface area contributed by atoms with Gasteiger partial charge in [0, 0.05) is 31.5 Å². The third-order valence-corrected chi connectivity index (χ3v) is 5.13. The number of morpholine rings is 1. The van der Waals surface area contributed by atoms with E-state index in [1.165, 1.54) is 0 Å². The molecule has 1 fully saturated rings. The highest BCUT2D eigenvalue weighted by Crippen LogP contribution is 2.17. The Balaban J connectivity index is 1.34. The molecule has 1 N–H and O–H groups in total. The largest absolute Gasteiger partial charge is 0.471 e. The summed E-state index contributed by atoms with van der Waals surface area (Å²) in [5.41, 5.74) is 4.56. The van der Waals surface area contributed by atoms with Crippen molar-refractivity contribution in [2.45, 2.75) is 27.1 Å². The topological polar surface area (TPSA) is 68.6 Å². The van der Waals surface area contributed by atoms with Crippen molar-refractivity contribution in [3.8, 4) is 5.75 Å². The summed E-state index contributed by atoms with van der Waals surface area (Å²) in [6.07, 6.45) is 1.74. The van der Waals surface area contributed by atoms with Gasteiger partial charge in [-0.15, -0.1) is 0 Å². The standard InChI is InChI=1S/C24H28N4O3/c1-18-12-19(2)14-22(13-18)31-17-28-7-6-23(26-28)24(29)25-21-5-3-4-20(15-21)16-27-8-10-30-11-9-27/h3-7,12-15H,8-11,16-17H2,1-2H3,(H,25,29). The van der Waals surface area contributed by atoms with Crippen LogP contribution in [0.2, 0.25) is 0 Å². The van der Waals surface area contributed by atoms with Gasteiger partial charge in [-0.3, -0.25) is 9.69 Å². The molecule has 0 bridgehead atoms. The number of carbonyl (C=O) groups excluding carboxylic acids is 1. The number of rotatable bonds is 7. The minimum absolute atomic E-state index is 0.241. The zero-order valence-corrected chi connectivity index (χ0v) is 18.0. The molecule has 1 saturated heterocycles. The van der Waals surface area contributed by atoms with Crippen LogP contribution in [0.3, 0.4) is 0 Å². The zero-order valence-electron chi connectivity index (χ0n) is 18.0. The Morgan fingerprint density at radius 2 is 1.87 bits per heavy atom. The molecule has 0 saturated carbocycles. The van der Waals surface area contributed by atoms with E-state index in [1.54, 1.807) is 16.9 Å². The highest BCUT2D eigenvalue weighted by Gasteiger charge is 2.13. The molecule has 1 aromatic heterocycles. The third-order valence-electron chi connectivity index (χ3n) is 5.13. The summed E-state index contributed by atoms with van der Waals surface area (Å²) in [4.78, 5) is 15.0. The van der Waals surface area contributed by atoms with Gasteiger partial charge in [0.15, 0.2) is 12.4 Å². The maximum absolute atomic E-state index is 12.6. The lowest BCUT2D eigenvalue weighted by molar-refractivity contribution is 0.0342. The Hall–Kier alpha value is -3.16. The molecule has 4 rings (SSSR count). The highest BCUT2D eigenvalue weighted by atomic mass is 16.5. The van der Waals surface area contributed by atoms with Crippen molar-refractivity contribution in [1.29, 1.82) is 0 Å². The summed E-state index contributed by atoms with van der Waals surface area (Å²) in [7, 11) is 0. The van der Waals surface area contributed by atoms with Crippen molar-refractivity contribution in [2.75, 3.05) is 31.6 Å². The van der Waals surface area contributed by atoms with Gasteiger partial charge in [-0.05, 0) is 60.9 Å². The minimum atomic E-state index is -0.242. The SMILES string of the molecule is Cc1cc(C)cc(OCn2ccc(C(=O)Nc3cccc(CN4CCOCC4)c3)n2)c1. The zero-order chi connectivity index (χ0) is 21.6. The molecule has 0 radical (unpaired) electrons. The fraction of sp³-hybridized carbons (Fsp3) is 0.333. The highest BCUT2D eigenvalue weighted by molar-refractivity contribution is 6.02. The van der Waals surface area contributed by atoms with Crippen molar-refractivity contribution in [3.63, 3.8) is 0 Å². The maximum Gasteiger partial charge on any atom is 0.276 e. The van der Waals surface area contributed by atoms with Gasteiger partial charge in [0.05, 0.1) is 13.2 Å². The van der Waals surface area contributed by atoms with Gasteiger partial charge in [0.25, 0.3) is 5.91 Å². The average Bonchev–Trinajstić information content (AvgIpc) is 3.22. The summed E-state index contributed by atoms with van der Waals surface area (Å²) in [5.74, 6) is 0.546. The molecule has 0 aliphatic carbocycles. The number of carbonyl (C=O) groups is 1. The normalized spacial score (nSPS) is 14.4. The molecular weight excluding hydrogens is 392 g/mol. The van der Waals surface area contributed by atoms with Crippen molar-refractivity contribution in [1.82, 2.24) is 14.7 Å². The van der Waals surface area contributed by atoms with Crippen LogP contribution in [0, 0.1) is 13.8 Å². The Kier molecular flexibility index (Phi) is 6.64. The molecule has 1 aliphatic heterocycles. The number of aromatic nitrogens is 2. The van der Waals surface area contributed by atoms with E-state index in [9.17, 15) is 4.79 Å². The van der Waals surface area contributed by atoms with Gasteiger partial charge in [0.2, 0.25) is 0 Å². The van der Waals surface area contributed by atoms with Gasteiger partial charge in [0.1, 0.15) is 5.75 Å². The first kappa shape index (κ1) is 21.1. The molecule has 0 spiro atoms. The quantitative estimate of drug-likeness (QED) is 0.632. The van der Waals surface area contributed by atoms with E-state index in [4.69, 9.17) is 9.47 Å². The predicted molar refractivity (Wildman–Crippen MR) is 119 cm³/mol. The number of ether oxygens (including phenoxy) is 2. The molecule has 2 heterocycles. The number of anilines is 1. The Bertz CT molecular complexity index is 1020. The van der Waals surface area contributed by atoms with E-state index in [-0.39, 0.29) is 12.6 Å². The molecule has 31 heavy (non-hydrogen) atoms. The van der Waals surface area contributed by atoms with E-state index in [0.717, 1.165) is 61.0 Å². The molecule has 7 nitrogen and oxygen atoms in total. The molecule has 7 heteroatoms. The molecule has 3 aromatic rings. The van der Waals surface area contributed by atoms with E-state index in [1.807, 2.05) is 44.2 Å². The average molecular weight is 421 g/mol. The monoisotopic (exact) mass is 420 g/mol. The summed E-state index contributed by atoms with van der Waals surface area (Å²) in [6.45, 7) is 8.55. The predicted octanol–water partition coefficient (Wildman–Crippen LogP) is 3.62. The van der Waals surface area contributed by atoms with Crippen LogP contribution >= 0.6 is 0 Å². The molecule has 0 unspecified atom stereocenters. The van der Waals surface area contributed by atoms with Crippen molar-refractivity contribution in [2.24, 2.45) is 0 Å². The van der Waals surface area contributed by atoms with Crippen LogP contribution in [0.25, 0.3) is 0 Å². The molecule has 0 atom stereocenters. The van der Waals surface area contributed by atoms with Crippen LogP contribution < -0.4 is 10.1 Å². The Labute approximate surface area is 182 Å². The smallest absolute Gasteiger partial charge is 0.276 e. The van der Waals surface area contributed by atoms with Crippen LogP contribution in [0.5, 0.6) is 5.75 Å². The second-order valence-corrected chi connectivity index (χ2v) is 7.88. The summed E-state index contributed by atoms with van der Waals surface area (Å²) >= 11 is 0. The molecule has 1 aliphatic rings. The number of hydrogen-bond acceptors (Lipinski definition) is 5. The molecule has 1 amide bonds. The summed E-state index contributed by atoms with van der Waals surface area (Å²) in [5, 5.41) is 7.28. The fourth-order valence-corrected chi connectivity index (χ4v) is 3.67. The number of benzene rings is 2. The second kappa shape index (κ2) is 9.76.